The minimum atomic E-state index is 0.246. The van der Waals surface area contributed by atoms with E-state index in [4.69, 9.17) is 5.84 Å². The molecule has 2 nitrogen and oxygen atoms in total. The van der Waals surface area contributed by atoms with Crippen molar-refractivity contribution in [2.75, 3.05) is 0 Å². The van der Waals surface area contributed by atoms with Gasteiger partial charge in [-0.3, -0.25) is 0 Å². The van der Waals surface area contributed by atoms with E-state index in [0.717, 1.165) is 28.8 Å². The summed E-state index contributed by atoms with van der Waals surface area (Å²) >= 11 is 3.54. The summed E-state index contributed by atoms with van der Waals surface area (Å²) in [5, 5.41) is 1.97. The summed E-state index contributed by atoms with van der Waals surface area (Å²) in [6.45, 7) is 0.783. The summed E-state index contributed by atoms with van der Waals surface area (Å²) in [6, 6.07) is 8.46. The molecular weight excluding hydrogens is 312 g/mol. The third kappa shape index (κ3) is 1.32. The molecule has 4 aliphatic carbocycles. The zero-order chi connectivity index (χ0) is 13.5. The van der Waals surface area contributed by atoms with Crippen LogP contribution in [0.1, 0.15) is 37.7 Å². The zero-order valence-corrected chi connectivity index (χ0v) is 13.2. The monoisotopic (exact) mass is 331 g/mol. The molecule has 1 spiro atoms. The van der Waals surface area contributed by atoms with Crippen LogP contribution in [0, 0.1) is 23.2 Å². The molecule has 106 valence electrons. The van der Waals surface area contributed by atoms with Gasteiger partial charge in [-0.2, -0.15) is 0 Å². The van der Waals surface area contributed by atoms with Crippen molar-refractivity contribution >= 4 is 15.9 Å². The summed E-state index contributed by atoms with van der Waals surface area (Å²) in [6.07, 6.45) is 7.00. The molecule has 4 saturated carbocycles. The number of fused-ring (bicyclic) bond motifs is 1. The first-order chi connectivity index (χ1) is 9.63. The average Bonchev–Trinajstić information content (AvgIpc) is 3.01. The van der Waals surface area contributed by atoms with Crippen LogP contribution in [0.4, 0.5) is 0 Å². The van der Waals surface area contributed by atoms with Crippen molar-refractivity contribution < 1.29 is 0 Å². The first kappa shape index (κ1) is 12.2. The first-order valence-corrected chi connectivity index (χ1v) is 8.66. The van der Waals surface area contributed by atoms with E-state index in [1.54, 1.807) is 0 Å². The Morgan fingerprint density at radius 2 is 2.20 bits per heavy atom. The summed E-state index contributed by atoms with van der Waals surface area (Å²) in [5.41, 5.74) is 2.08. The van der Waals surface area contributed by atoms with Gasteiger partial charge >= 0.3 is 0 Å². The fourth-order valence-corrected chi connectivity index (χ4v) is 6.63. The van der Waals surface area contributed by atoms with E-state index in [0.29, 0.717) is 5.41 Å². The van der Waals surface area contributed by atoms with Gasteiger partial charge in [0.1, 0.15) is 0 Å². The van der Waals surface area contributed by atoms with E-state index in [1.165, 1.54) is 37.7 Å². The van der Waals surface area contributed by atoms with E-state index in [1.807, 2.05) is 5.01 Å². The van der Waals surface area contributed by atoms with E-state index >= 15 is 0 Å². The Bertz CT molecular complexity index is 588. The minimum Gasteiger partial charge on any atom is -0.609 e. The second-order valence-corrected chi connectivity index (χ2v) is 8.61. The van der Waals surface area contributed by atoms with Crippen LogP contribution in [0.25, 0.3) is 5.84 Å². The Labute approximate surface area is 128 Å². The quantitative estimate of drug-likeness (QED) is 0.731. The van der Waals surface area contributed by atoms with Gasteiger partial charge in [-0.05, 0) is 73.0 Å². The summed E-state index contributed by atoms with van der Waals surface area (Å²) in [7, 11) is 0. The smallest absolute Gasteiger partial charge is 0.0178 e. The van der Waals surface area contributed by atoms with Crippen LogP contribution in [0.15, 0.2) is 28.7 Å². The number of benzene rings is 1. The first-order valence-electron chi connectivity index (χ1n) is 7.86. The highest BCUT2D eigenvalue weighted by Crippen LogP contribution is 2.84. The second kappa shape index (κ2) is 3.68. The average molecular weight is 332 g/mol. The molecule has 0 aliphatic heterocycles. The molecule has 0 saturated heterocycles. The summed E-state index contributed by atoms with van der Waals surface area (Å²) in [5.74, 6) is 11.6. The van der Waals surface area contributed by atoms with Gasteiger partial charge in [-0.1, -0.05) is 28.1 Å². The number of hydrogen-bond acceptors (Lipinski definition) is 1. The SMILES string of the molecule is [NH-]N(Cc1cccc(Br)c1)C12CC3CC4CC1(C2)C4C3. The van der Waals surface area contributed by atoms with Gasteiger partial charge in [-0.15, -0.1) is 0 Å². The molecule has 4 fully saturated rings. The summed E-state index contributed by atoms with van der Waals surface area (Å²) in [4.78, 5) is 0. The van der Waals surface area contributed by atoms with Crippen molar-refractivity contribution in [1.29, 1.82) is 0 Å². The lowest BCUT2D eigenvalue weighted by molar-refractivity contribution is 0.00331. The Hall–Kier alpha value is -0.380. The standard InChI is InChI=1S/C17H20BrN2/c18-14-3-1-2-11(5-14)9-20(19)17-7-12-4-13-8-16(17,10-17)15(13)6-12/h1-3,5,12-13,15,19H,4,6-10H2/q-1. The maximum atomic E-state index is 8.69. The van der Waals surface area contributed by atoms with Gasteiger partial charge in [0.25, 0.3) is 0 Å². The van der Waals surface area contributed by atoms with Crippen molar-refractivity contribution in [2.24, 2.45) is 23.2 Å². The number of nitrogens with zero attached hydrogens (tertiary/aromatic N) is 1. The topological polar surface area (TPSA) is 27.0 Å². The number of rotatable bonds is 3. The maximum absolute atomic E-state index is 8.69. The zero-order valence-electron chi connectivity index (χ0n) is 11.6. The highest BCUT2D eigenvalue weighted by Gasteiger charge is 2.81. The Kier molecular flexibility index (Phi) is 2.25. The lowest BCUT2D eigenvalue weighted by atomic mass is 9.60. The van der Waals surface area contributed by atoms with Crippen LogP contribution in [0.2, 0.25) is 0 Å². The number of nitrogens with one attached hydrogen (secondary N) is 1. The number of hydrogen-bond donors (Lipinski definition) is 0. The molecule has 5 unspecified atom stereocenters. The van der Waals surface area contributed by atoms with Crippen LogP contribution in [-0.2, 0) is 6.54 Å². The number of halogens is 1. The van der Waals surface area contributed by atoms with Gasteiger partial charge in [0.2, 0.25) is 0 Å². The maximum Gasteiger partial charge on any atom is 0.0178 e. The van der Waals surface area contributed by atoms with Gasteiger partial charge in [0.15, 0.2) is 0 Å². The van der Waals surface area contributed by atoms with Crippen molar-refractivity contribution in [1.82, 2.24) is 5.01 Å². The molecular formula is C17H20BrN2-. The molecule has 5 rings (SSSR count). The van der Waals surface area contributed by atoms with Crippen LogP contribution in [0.5, 0.6) is 0 Å². The molecule has 0 heterocycles. The fraction of sp³-hybridized carbons (Fsp3) is 0.647. The van der Waals surface area contributed by atoms with Crippen LogP contribution < -0.4 is 0 Å². The molecule has 1 N–H and O–H groups in total. The molecule has 3 heteroatoms. The van der Waals surface area contributed by atoms with Gasteiger partial charge in [-0.25, -0.2) is 0 Å². The van der Waals surface area contributed by atoms with E-state index < -0.39 is 0 Å². The van der Waals surface area contributed by atoms with Crippen molar-refractivity contribution in [3.05, 3.63) is 40.1 Å². The van der Waals surface area contributed by atoms with Crippen molar-refractivity contribution in [3.8, 4) is 0 Å². The Morgan fingerprint density at radius 1 is 1.30 bits per heavy atom. The molecule has 1 aromatic carbocycles. The molecule has 4 aliphatic rings. The normalized spacial score (nSPS) is 47.0. The highest BCUT2D eigenvalue weighted by atomic mass is 79.9. The predicted molar refractivity (Wildman–Crippen MR) is 82.7 cm³/mol. The van der Waals surface area contributed by atoms with Gasteiger partial charge < -0.3 is 10.9 Å². The van der Waals surface area contributed by atoms with Crippen molar-refractivity contribution in [2.45, 2.75) is 44.2 Å². The van der Waals surface area contributed by atoms with Crippen molar-refractivity contribution in [3.63, 3.8) is 0 Å². The molecule has 5 atom stereocenters. The third-order valence-corrected chi connectivity index (χ3v) is 7.40. The van der Waals surface area contributed by atoms with E-state index in [9.17, 15) is 0 Å². The van der Waals surface area contributed by atoms with Crippen LogP contribution >= 0.6 is 15.9 Å². The van der Waals surface area contributed by atoms with Gasteiger partial charge in [0.05, 0.1) is 0 Å². The van der Waals surface area contributed by atoms with Crippen LogP contribution in [-0.4, -0.2) is 10.5 Å². The third-order valence-electron chi connectivity index (χ3n) is 6.91. The lowest BCUT2D eigenvalue weighted by Crippen LogP contribution is -2.48. The van der Waals surface area contributed by atoms with Crippen LogP contribution in [0.3, 0.4) is 0 Å². The molecule has 0 amide bonds. The minimum absolute atomic E-state index is 0.246. The predicted octanol–water partition coefficient (Wildman–Crippen LogP) is 4.80. The summed E-state index contributed by atoms with van der Waals surface area (Å²) < 4.78 is 1.12. The largest absolute Gasteiger partial charge is 0.609 e. The lowest BCUT2D eigenvalue weighted by Gasteiger charge is -2.52. The molecule has 0 aromatic heterocycles. The molecule has 1 aromatic rings. The fourth-order valence-electron chi connectivity index (χ4n) is 6.18. The van der Waals surface area contributed by atoms with Gasteiger partial charge in [0, 0.05) is 16.6 Å². The molecule has 0 radical (unpaired) electrons. The Balaban J connectivity index is 1.41. The highest BCUT2D eigenvalue weighted by molar-refractivity contribution is 9.10. The van der Waals surface area contributed by atoms with E-state index in [2.05, 4.69) is 40.2 Å². The second-order valence-electron chi connectivity index (χ2n) is 7.69. The molecule has 20 heavy (non-hydrogen) atoms. The Morgan fingerprint density at radius 3 is 3.05 bits per heavy atom. The molecule has 2 bridgehead atoms. The van der Waals surface area contributed by atoms with E-state index in [-0.39, 0.29) is 5.54 Å².